The highest BCUT2D eigenvalue weighted by Crippen LogP contribution is 2.28. The van der Waals surface area contributed by atoms with Crippen LogP contribution in [-0.2, 0) is 21.2 Å². The summed E-state index contributed by atoms with van der Waals surface area (Å²) in [5.41, 5.74) is -0.240. The van der Waals surface area contributed by atoms with E-state index < -0.39 is 32.9 Å². The summed E-state index contributed by atoms with van der Waals surface area (Å²) in [5.74, 6) is 0.427. The number of sulfone groups is 1. The number of methoxy groups -OCH3 is 2. The number of hydrogen-bond acceptors (Lipinski definition) is 8. The van der Waals surface area contributed by atoms with Gasteiger partial charge in [-0.3, -0.25) is 9.59 Å². The molecular weight excluding hydrogens is 508 g/mol. The minimum Gasteiger partial charge on any atom is -0.493 e. The lowest BCUT2D eigenvalue weighted by Gasteiger charge is -2.12. The lowest BCUT2D eigenvalue weighted by molar-refractivity contribution is -0.118. The number of Topliss-reactive ketones (excluding diaryl/α,β-unsaturated/α-hetero) is 1. The third-order valence-corrected chi connectivity index (χ3v) is 7.14. The first-order valence-corrected chi connectivity index (χ1v) is 13.1. The number of nitrogens with zero attached hydrogens (tertiary/aromatic N) is 3. The standard InChI is InChI=1S/C25H27F2N3O6S/c1-4-18(31)6-5-11-37(33,34)25-28-19(13-20(29-25)24(26)27)17-8-10-23(32)30(15-17)14-16-7-9-21(35-2)22(12-16)36-3/h7-10,12-13,15,24H,4-6,11,14H2,1-3H3. The number of ketones is 1. The zero-order valence-electron chi connectivity index (χ0n) is 20.6. The summed E-state index contributed by atoms with van der Waals surface area (Å²) >= 11 is 0. The van der Waals surface area contributed by atoms with Gasteiger partial charge in [0.2, 0.25) is 15.0 Å². The lowest BCUT2D eigenvalue weighted by atomic mass is 10.1. The summed E-state index contributed by atoms with van der Waals surface area (Å²) < 4.78 is 64.6. The Morgan fingerprint density at radius 3 is 2.43 bits per heavy atom. The number of ether oxygens (including phenoxy) is 2. The van der Waals surface area contributed by atoms with E-state index >= 15 is 0 Å². The molecule has 0 amide bonds. The fourth-order valence-electron chi connectivity index (χ4n) is 3.55. The molecule has 0 spiro atoms. The molecule has 3 aromatic rings. The van der Waals surface area contributed by atoms with Gasteiger partial charge in [-0.05, 0) is 36.2 Å². The Hall–Kier alpha value is -3.67. The van der Waals surface area contributed by atoms with Crippen LogP contribution in [0.5, 0.6) is 11.5 Å². The van der Waals surface area contributed by atoms with Crippen LogP contribution in [0.3, 0.4) is 0 Å². The molecule has 0 radical (unpaired) electrons. The van der Waals surface area contributed by atoms with Gasteiger partial charge in [0.15, 0.2) is 11.5 Å². The topological polar surface area (TPSA) is 117 Å². The third kappa shape index (κ3) is 6.97. The number of pyridine rings is 1. The second kappa shape index (κ2) is 12.0. The van der Waals surface area contributed by atoms with Gasteiger partial charge in [0.05, 0.1) is 32.2 Å². The largest absolute Gasteiger partial charge is 0.493 e. The number of carbonyl (C=O) groups excluding carboxylic acids is 1. The van der Waals surface area contributed by atoms with E-state index in [0.717, 1.165) is 6.07 Å². The van der Waals surface area contributed by atoms with Crippen molar-refractivity contribution in [1.82, 2.24) is 14.5 Å². The smallest absolute Gasteiger partial charge is 0.280 e. The van der Waals surface area contributed by atoms with Gasteiger partial charge in [0.25, 0.3) is 12.0 Å². The minimum atomic E-state index is -4.13. The molecule has 0 fully saturated rings. The van der Waals surface area contributed by atoms with Crippen LogP contribution < -0.4 is 15.0 Å². The summed E-state index contributed by atoms with van der Waals surface area (Å²) in [6.07, 6.45) is -1.27. The van der Waals surface area contributed by atoms with E-state index in [0.29, 0.717) is 17.1 Å². The molecule has 0 bridgehead atoms. The van der Waals surface area contributed by atoms with E-state index in [1.54, 1.807) is 25.1 Å². The van der Waals surface area contributed by atoms with Crippen molar-refractivity contribution < 1.29 is 31.5 Å². The van der Waals surface area contributed by atoms with Crippen molar-refractivity contribution in [1.29, 1.82) is 0 Å². The molecular formula is C25H27F2N3O6S. The molecule has 12 heteroatoms. The third-order valence-electron chi connectivity index (χ3n) is 5.57. The zero-order chi connectivity index (χ0) is 27.2. The van der Waals surface area contributed by atoms with E-state index in [-0.39, 0.29) is 48.4 Å². The fraction of sp³-hybridized carbons (Fsp3) is 0.360. The second-order valence-electron chi connectivity index (χ2n) is 8.15. The average molecular weight is 536 g/mol. The molecule has 0 saturated heterocycles. The number of benzene rings is 1. The van der Waals surface area contributed by atoms with Crippen LogP contribution in [0.4, 0.5) is 8.78 Å². The Morgan fingerprint density at radius 1 is 1.05 bits per heavy atom. The molecule has 198 valence electrons. The Morgan fingerprint density at radius 2 is 1.78 bits per heavy atom. The van der Waals surface area contributed by atoms with Crippen LogP contribution in [0.25, 0.3) is 11.3 Å². The number of halogens is 2. The first-order valence-electron chi connectivity index (χ1n) is 11.4. The highest BCUT2D eigenvalue weighted by molar-refractivity contribution is 7.91. The van der Waals surface area contributed by atoms with Crippen LogP contribution in [0.2, 0.25) is 0 Å². The van der Waals surface area contributed by atoms with Gasteiger partial charge in [-0.15, -0.1) is 0 Å². The van der Waals surface area contributed by atoms with Gasteiger partial charge >= 0.3 is 0 Å². The molecule has 0 aliphatic rings. The van der Waals surface area contributed by atoms with E-state index in [2.05, 4.69) is 9.97 Å². The molecule has 0 aliphatic carbocycles. The number of alkyl halides is 2. The van der Waals surface area contributed by atoms with Crippen molar-refractivity contribution in [2.24, 2.45) is 0 Å². The highest BCUT2D eigenvalue weighted by Gasteiger charge is 2.23. The number of rotatable bonds is 12. The van der Waals surface area contributed by atoms with Crippen LogP contribution in [0, 0.1) is 0 Å². The molecule has 3 rings (SSSR count). The van der Waals surface area contributed by atoms with Crippen molar-refractivity contribution in [3.8, 4) is 22.8 Å². The van der Waals surface area contributed by atoms with Crippen molar-refractivity contribution in [2.45, 2.75) is 44.3 Å². The zero-order valence-corrected chi connectivity index (χ0v) is 21.4. The summed E-state index contributed by atoms with van der Waals surface area (Å²) in [6.45, 7) is 1.79. The quantitative estimate of drug-likeness (QED) is 0.321. The van der Waals surface area contributed by atoms with E-state index in [9.17, 15) is 26.8 Å². The second-order valence-corrected chi connectivity index (χ2v) is 10.2. The van der Waals surface area contributed by atoms with Crippen molar-refractivity contribution in [2.75, 3.05) is 20.0 Å². The number of carbonyl (C=O) groups is 1. The normalized spacial score (nSPS) is 11.5. The molecule has 9 nitrogen and oxygen atoms in total. The van der Waals surface area contributed by atoms with Crippen LogP contribution in [0.15, 0.2) is 52.5 Å². The minimum absolute atomic E-state index is 0.0306. The van der Waals surface area contributed by atoms with Gasteiger partial charge in [0.1, 0.15) is 11.5 Å². The van der Waals surface area contributed by atoms with Gasteiger partial charge in [0, 0.05) is 30.7 Å². The average Bonchev–Trinajstić information content (AvgIpc) is 2.89. The lowest BCUT2D eigenvalue weighted by Crippen LogP contribution is -2.19. The monoisotopic (exact) mass is 535 g/mol. The van der Waals surface area contributed by atoms with Gasteiger partial charge in [-0.1, -0.05) is 13.0 Å². The first-order chi connectivity index (χ1) is 17.6. The Bertz CT molecular complexity index is 1440. The predicted octanol–water partition coefficient (Wildman–Crippen LogP) is 3.84. The molecule has 2 aromatic heterocycles. The van der Waals surface area contributed by atoms with Crippen LogP contribution >= 0.6 is 0 Å². The van der Waals surface area contributed by atoms with Crippen molar-refractivity contribution in [3.63, 3.8) is 0 Å². The van der Waals surface area contributed by atoms with Crippen molar-refractivity contribution in [3.05, 3.63) is 64.2 Å². The first kappa shape index (κ1) is 27.9. The van der Waals surface area contributed by atoms with Gasteiger partial charge in [-0.25, -0.2) is 27.2 Å². The Kier molecular flexibility index (Phi) is 9.09. The predicted molar refractivity (Wildman–Crippen MR) is 132 cm³/mol. The number of aromatic nitrogens is 3. The highest BCUT2D eigenvalue weighted by atomic mass is 32.2. The van der Waals surface area contributed by atoms with Gasteiger partial charge in [-0.2, -0.15) is 0 Å². The van der Waals surface area contributed by atoms with E-state index in [4.69, 9.17) is 9.47 Å². The van der Waals surface area contributed by atoms with Gasteiger partial charge < -0.3 is 14.0 Å². The molecule has 0 saturated carbocycles. The molecule has 0 unspecified atom stereocenters. The van der Waals surface area contributed by atoms with Crippen molar-refractivity contribution >= 4 is 15.6 Å². The molecule has 37 heavy (non-hydrogen) atoms. The summed E-state index contributed by atoms with van der Waals surface area (Å²) in [5, 5.41) is -0.748. The van der Waals surface area contributed by atoms with Crippen LogP contribution in [-0.4, -0.2) is 48.7 Å². The number of hydrogen-bond donors (Lipinski definition) is 0. The summed E-state index contributed by atoms with van der Waals surface area (Å²) in [7, 11) is -1.15. The molecule has 1 aromatic carbocycles. The van der Waals surface area contributed by atoms with Crippen LogP contribution in [0.1, 0.15) is 43.9 Å². The molecule has 0 atom stereocenters. The maximum atomic E-state index is 13.6. The summed E-state index contributed by atoms with van der Waals surface area (Å²) in [4.78, 5) is 31.6. The summed E-state index contributed by atoms with van der Waals surface area (Å²) in [6, 6.07) is 8.74. The maximum absolute atomic E-state index is 13.6. The molecule has 0 aliphatic heterocycles. The Labute approximate surface area is 213 Å². The molecule has 2 heterocycles. The van der Waals surface area contributed by atoms with E-state index in [1.807, 2.05) is 0 Å². The molecule has 0 N–H and O–H groups in total. The Balaban J connectivity index is 1.98. The maximum Gasteiger partial charge on any atom is 0.280 e. The van der Waals surface area contributed by atoms with E-state index in [1.165, 1.54) is 37.1 Å². The fourth-order valence-corrected chi connectivity index (χ4v) is 4.74. The SMILES string of the molecule is CCC(=O)CCCS(=O)(=O)c1nc(-c2ccc(=O)n(Cc3ccc(OC)c(OC)c3)c2)cc(C(F)F)n1.